The van der Waals surface area contributed by atoms with Crippen LogP contribution in [0.4, 0.5) is 5.69 Å². The minimum Gasteiger partial charge on any atom is -0.496 e. The average molecular weight is 406 g/mol. The lowest BCUT2D eigenvalue weighted by Crippen LogP contribution is -2.26. The van der Waals surface area contributed by atoms with Crippen LogP contribution >= 0.6 is 15.9 Å². The maximum absolute atomic E-state index is 11.5. The van der Waals surface area contributed by atoms with Gasteiger partial charge in [0, 0.05) is 40.8 Å². The van der Waals surface area contributed by atoms with Crippen molar-refractivity contribution >= 4 is 33.9 Å². The van der Waals surface area contributed by atoms with Crippen molar-refractivity contribution in [3.63, 3.8) is 0 Å². The number of carboxylic acid groups (broad SMARTS) is 1. The minimum atomic E-state index is -0.830. The average Bonchev–Trinajstić information content (AvgIpc) is 2.61. The number of ether oxygens (including phenoxy) is 1. The van der Waals surface area contributed by atoms with Crippen molar-refractivity contribution in [2.24, 2.45) is 0 Å². The van der Waals surface area contributed by atoms with E-state index >= 15 is 0 Å². The molecular formula is C19H20BrNO4. The molecule has 25 heavy (non-hydrogen) atoms. The molecule has 0 amide bonds. The smallest absolute Gasteiger partial charge is 0.303 e. The second kappa shape index (κ2) is 9.22. The van der Waals surface area contributed by atoms with Gasteiger partial charge in [-0.05, 0) is 30.7 Å². The highest BCUT2D eigenvalue weighted by molar-refractivity contribution is 9.10. The summed E-state index contributed by atoms with van der Waals surface area (Å²) in [4.78, 5) is 24.3. The van der Waals surface area contributed by atoms with Gasteiger partial charge in [0.2, 0.25) is 0 Å². The molecule has 0 aliphatic rings. The van der Waals surface area contributed by atoms with Crippen LogP contribution in [0.2, 0.25) is 0 Å². The third-order valence-corrected chi connectivity index (χ3v) is 4.32. The highest BCUT2D eigenvalue weighted by atomic mass is 79.9. The van der Waals surface area contributed by atoms with E-state index < -0.39 is 5.97 Å². The summed E-state index contributed by atoms with van der Waals surface area (Å²) >= 11 is 3.37. The molecule has 0 radical (unpaired) electrons. The molecule has 132 valence electrons. The summed E-state index contributed by atoms with van der Waals surface area (Å²) in [6.45, 7) is 1.04. The van der Waals surface area contributed by atoms with Crippen LogP contribution < -0.4 is 9.64 Å². The molecule has 0 aliphatic carbocycles. The van der Waals surface area contributed by atoms with Crippen LogP contribution in [0.15, 0.2) is 46.9 Å². The Bertz CT molecular complexity index is 748. The van der Waals surface area contributed by atoms with Gasteiger partial charge in [0.25, 0.3) is 0 Å². The van der Waals surface area contributed by atoms with Gasteiger partial charge in [0.15, 0.2) is 6.29 Å². The van der Waals surface area contributed by atoms with E-state index in [0.717, 1.165) is 27.8 Å². The number of hydrogen-bond acceptors (Lipinski definition) is 4. The van der Waals surface area contributed by atoms with Crippen molar-refractivity contribution in [1.29, 1.82) is 0 Å². The van der Waals surface area contributed by atoms with E-state index in [0.29, 0.717) is 25.1 Å². The molecule has 2 aromatic carbocycles. The monoisotopic (exact) mass is 405 g/mol. The molecule has 0 aromatic heterocycles. The number of aliphatic carboxylic acids is 1. The molecule has 0 aliphatic heterocycles. The predicted molar refractivity (Wildman–Crippen MR) is 100 cm³/mol. The van der Waals surface area contributed by atoms with Crippen molar-refractivity contribution in [3.05, 3.63) is 58.1 Å². The van der Waals surface area contributed by atoms with Crippen molar-refractivity contribution < 1.29 is 19.4 Å². The molecule has 0 spiro atoms. The molecule has 0 heterocycles. The molecule has 0 unspecified atom stereocenters. The topological polar surface area (TPSA) is 66.8 Å². The molecule has 1 N–H and O–H groups in total. The van der Waals surface area contributed by atoms with Crippen LogP contribution in [0, 0.1) is 0 Å². The third-order valence-electron chi connectivity index (χ3n) is 3.83. The first kappa shape index (κ1) is 19.0. The molecule has 0 saturated heterocycles. The Balaban J connectivity index is 2.32. The minimum absolute atomic E-state index is 0.0787. The highest BCUT2D eigenvalue weighted by Gasteiger charge is 2.15. The number of para-hydroxylation sites is 1. The predicted octanol–water partition coefficient (Wildman–Crippen LogP) is 4.14. The van der Waals surface area contributed by atoms with Crippen LogP contribution in [-0.4, -0.2) is 31.0 Å². The van der Waals surface area contributed by atoms with E-state index in [1.54, 1.807) is 13.2 Å². The Kier molecular flexibility index (Phi) is 7.01. The number of benzene rings is 2. The van der Waals surface area contributed by atoms with Crippen LogP contribution in [0.1, 0.15) is 28.8 Å². The van der Waals surface area contributed by atoms with Gasteiger partial charge < -0.3 is 14.7 Å². The maximum atomic E-state index is 11.5. The fourth-order valence-electron chi connectivity index (χ4n) is 2.65. The van der Waals surface area contributed by atoms with Gasteiger partial charge in [0.05, 0.1) is 7.11 Å². The molecule has 0 saturated carbocycles. The zero-order valence-corrected chi connectivity index (χ0v) is 15.5. The zero-order valence-electron chi connectivity index (χ0n) is 13.9. The lowest BCUT2D eigenvalue weighted by molar-refractivity contribution is -0.137. The largest absolute Gasteiger partial charge is 0.496 e. The molecule has 6 heteroatoms. The van der Waals surface area contributed by atoms with Crippen molar-refractivity contribution in [2.45, 2.75) is 19.4 Å². The van der Waals surface area contributed by atoms with Crippen LogP contribution in [0.25, 0.3) is 0 Å². The number of halogens is 1. The number of methoxy groups -OCH3 is 1. The number of rotatable bonds is 9. The zero-order chi connectivity index (χ0) is 18.2. The highest BCUT2D eigenvalue weighted by Crippen LogP contribution is 2.27. The Morgan fingerprint density at radius 2 is 2.04 bits per heavy atom. The number of carbonyl (C=O) groups is 2. The SMILES string of the molecule is COc1ccccc1CN(CCCC(=O)O)c1ccc(Br)cc1C=O. The van der Waals surface area contributed by atoms with E-state index in [4.69, 9.17) is 9.84 Å². The number of hydrogen-bond donors (Lipinski definition) is 1. The Morgan fingerprint density at radius 3 is 2.72 bits per heavy atom. The first-order chi connectivity index (χ1) is 12.0. The van der Waals surface area contributed by atoms with Crippen LogP contribution in [0.3, 0.4) is 0 Å². The van der Waals surface area contributed by atoms with Crippen molar-refractivity contribution in [1.82, 2.24) is 0 Å². The standard InChI is InChI=1S/C19H20BrNO4/c1-25-18-6-3-2-5-14(18)12-21(10-4-7-19(23)24)17-9-8-16(20)11-15(17)13-22/h2-3,5-6,8-9,11,13H,4,7,10,12H2,1H3,(H,23,24). The Morgan fingerprint density at radius 1 is 1.28 bits per heavy atom. The van der Waals surface area contributed by atoms with E-state index in [2.05, 4.69) is 15.9 Å². The quantitative estimate of drug-likeness (QED) is 0.634. The molecule has 2 aromatic rings. The van der Waals surface area contributed by atoms with Gasteiger partial charge >= 0.3 is 5.97 Å². The lowest BCUT2D eigenvalue weighted by atomic mass is 10.1. The van der Waals surface area contributed by atoms with E-state index in [1.165, 1.54) is 0 Å². The number of carbonyl (C=O) groups excluding carboxylic acids is 1. The second-order valence-electron chi connectivity index (χ2n) is 5.55. The molecule has 5 nitrogen and oxygen atoms in total. The first-order valence-electron chi connectivity index (χ1n) is 7.88. The summed E-state index contributed by atoms with van der Waals surface area (Å²) in [5.41, 5.74) is 2.30. The molecule has 2 rings (SSSR count). The van der Waals surface area contributed by atoms with Crippen LogP contribution in [-0.2, 0) is 11.3 Å². The normalized spacial score (nSPS) is 10.3. The van der Waals surface area contributed by atoms with E-state index in [-0.39, 0.29) is 6.42 Å². The van der Waals surface area contributed by atoms with Gasteiger partial charge in [-0.15, -0.1) is 0 Å². The van der Waals surface area contributed by atoms with Crippen molar-refractivity contribution in [3.8, 4) is 5.75 Å². The fourth-order valence-corrected chi connectivity index (χ4v) is 3.03. The Hall–Kier alpha value is -2.34. The van der Waals surface area contributed by atoms with E-state index in [9.17, 15) is 9.59 Å². The number of anilines is 1. The number of aldehydes is 1. The lowest BCUT2D eigenvalue weighted by Gasteiger charge is -2.27. The van der Waals surface area contributed by atoms with Gasteiger partial charge in [0.1, 0.15) is 5.75 Å². The Labute approximate surface area is 155 Å². The summed E-state index contributed by atoms with van der Waals surface area (Å²) in [6.07, 6.45) is 1.38. The summed E-state index contributed by atoms with van der Waals surface area (Å²) in [5, 5.41) is 8.91. The maximum Gasteiger partial charge on any atom is 0.303 e. The van der Waals surface area contributed by atoms with E-state index in [1.807, 2.05) is 41.3 Å². The number of carboxylic acids is 1. The molecule has 0 atom stereocenters. The number of nitrogens with zero attached hydrogens (tertiary/aromatic N) is 1. The molecule has 0 fully saturated rings. The summed E-state index contributed by atoms with van der Waals surface area (Å²) in [6, 6.07) is 13.2. The van der Waals surface area contributed by atoms with Gasteiger partial charge in [-0.25, -0.2) is 0 Å². The van der Waals surface area contributed by atoms with Gasteiger partial charge in [-0.1, -0.05) is 34.1 Å². The van der Waals surface area contributed by atoms with Crippen molar-refractivity contribution in [2.75, 3.05) is 18.6 Å². The van der Waals surface area contributed by atoms with Gasteiger partial charge in [-0.3, -0.25) is 9.59 Å². The second-order valence-corrected chi connectivity index (χ2v) is 6.47. The fraction of sp³-hybridized carbons (Fsp3) is 0.263. The summed E-state index contributed by atoms with van der Waals surface area (Å²) in [5.74, 6) is -0.0702. The summed E-state index contributed by atoms with van der Waals surface area (Å²) in [7, 11) is 1.62. The third kappa shape index (κ3) is 5.32. The first-order valence-corrected chi connectivity index (χ1v) is 8.68. The van der Waals surface area contributed by atoms with Gasteiger partial charge in [-0.2, -0.15) is 0 Å². The molecular weight excluding hydrogens is 386 g/mol. The summed E-state index contributed by atoms with van der Waals surface area (Å²) < 4.78 is 6.22. The van der Waals surface area contributed by atoms with Crippen LogP contribution in [0.5, 0.6) is 5.75 Å². The molecule has 0 bridgehead atoms.